The van der Waals surface area contributed by atoms with Gasteiger partial charge in [-0.25, -0.2) is 0 Å². The number of aliphatic hydroxyl groups is 2. The Kier molecular flexibility index (Phi) is 4.70. The molecule has 2 aliphatic heterocycles. The van der Waals surface area contributed by atoms with E-state index < -0.39 is 29.2 Å². The van der Waals surface area contributed by atoms with E-state index in [0.717, 1.165) is 0 Å². The van der Waals surface area contributed by atoms with Crippen molar-refractivity contribution in [3.63, 3.8) is 0 Å². The van der Waals surface area contributed by atoms with Crippen molar-refractivity contribution in [2.75, 3.05) is 0 Å². The number of para-hydroxylation sites is 1. The minimum absolute atomic E-state index is 0.304. The average Bonchev–Trinajstić information content (AvgIpc) is 2.81. The Morgan fingerprint density at radius 1 is 1.32 bits per heavy atom. The van der Waals surface area contributed by atoms with Crippen LogP contribution in [0.15, 0.2) is 30.3 Å². The van der Waals surface area contributed by atoms with Gasteiger partial charge in [0.05, 0.1) is 6.04 Å². The molecule has 3 rings (SSSR count). The first-order valence-corrected chi connectivity index (χ1v) is 8.98. The number of hydrogen-bond acceptors (Lipinski definition) is 6. The molecule has 1 unspecified atom stereocenters. The first-order chi connectivity index (χ1) is 11.7. The van der Waals surface area contributed by atoms with Crippen molar-refractivity contribution in [2.24, 2.45) is 0 Å². The predicted octanol–water partition coefficient (Wildman–Crippen LogP) is 0.312. The standard InChI is InChI=1S/C17H22N2O5S/c1-9(24-10-7-5-4-6-8-10)13(20)18-11-14(21)19-12(16(22)23)17(2,3)25-15(11)19/h4-9,11-12,15-16,22-23H,1-3H3,(H,18,20)/t9?,11-,12+,15-/m1/s1. The Morgan fingerprint density at radius 2 is 1.96 bits per heavy atom. The van der Waals surface area contributed by atoms with Crippen LogP contribution in [0.1, 0.15) is 20.8 Å². The van der Waals surface area contributed by atoms with E-state index in [1.165, 1.54) is 16.7 Å². The van der Waals surface area contributed by atoms with E-state index in [9.17, 15) is 19.8 Å². The third-order valence-electron chi connectivity index (χ3n) is 4.52. The summed E-state index contributed by atoms with van der Waals surface area (Å²) in [6.07, 6.45) is -2.36. The summed E-state index contributed by atoms with van der Waals surface area (Å²) >= 11 is 1.45. The highest BCUT2D eigenvalue weighted by molar-refractivity contribution is 8.01. The zero-order chi connectivity index (χ0) is 18.4. The molecule has 1 aromatic rings. The van der Waals surface area contributed by atoms with Crippen molar-refractivity contribution < 1.29 is 24.5 Å². The molecule has 136 valence electrons. The van der Waals surface area contributed by atoms with Gasteiger partial charge in [0.2, 0.25) is 5.91 Å². The number of nitrogens with one attached hydrogen (secondary N) is 1. The highest BCUT2D eigenvalue weighted by Gasteiger charge is 2.63. The first kappa shape index (κ1) is 18.0. The minimum Gasteiger partial charge on any atom is -0.481 e. The highest BCUT2D eigenvalue weighted by atomic mass is 32.2. The molecule has 2 amide bonds. The van der Waals surface area contributed by atoms with Crippen LogP contribution < -0.4 is 10.1 Å². The van der Waals surface area contributed by atoms with E-state index >= 15 is 0 Å². The maximum Gasteiger partial charge on any atom is 0.261 e. The average molecular weight is 366 g/mol. The summed E-state index contributed by atoms with van der Waals surface area (Å²) in [5.74, 6) is -0.110. The quantitative estimate of drug-likeness (QED) is 0.512. The van der Waals surface area contributed by atoms with Crippen molar-refractivity contribution in [1.82, 2.24) is 10.2 Å². The van der Waals surface area contributed by atoms with Gasteiger partial charge in [0.1, 0.15) is 17.2 Å². The predicted molar refractivity (Wildman–Crippen MR) is 92.8 cm³/mol. The number of amides is 2. The van der Waals surface area contributed by atoms with Crippen LogP contribution in [0.4, 0.5) is 0 Å². The number of ether oxygens (including phenoxy) is 1. The number of thioether (sulfide) groups is 1. The van der Waals surface area contributed by atoms with Gasteiger partial charge in [0.15, 0.2) is 12.4 Å². The summed E-state index contributed by atoms with van der Waals surface area (Å²) in [5.41, 5.74) is 0. The van der Waals surface area contributed by atoms with Crippen molar-refractivity contribution in [2.45, 2.75) is 55.4 Å². The Bertz CT molecular complexity index is 666. The summed E-state index contributed by atoms with van der Waals surface area (Å²) in [7, 11) is 0. The molecule has 1 aromatic carbocycles. The maximum atomic E-state index is 12.4. The Labute approximate surface area is 150 Å². The molecular formula is C17H22N2O5S. The lowest BCUT2D eigenvalue weighted by Crippen LogP contribution is -2.71. The molecule has 8 heteroatoms. The molecule has 4 atom stereocenters. The third-order valence-corrected chi connectivity index (χ3v) is 6.11. The topological polar surface area (TPSA) is 99.1 Å². The fourth-order valence-corrected chi connectivity index (χ4v) is 4.95. The molecule has 0 aromatic heterocycles. The van der Waals surface area contributed by atoms with Crippen molar-refractivity contribution in [3.05, 3.63) is 30.3 Å². The van der Waals surface area contributed by atoms with Crippen LogP contribution in [0.25, 0.3) is 0 Å². The molecule has 0 aliphatic carbocycles. The number of aliphatic hydroxyl groups excluding tert-OH is 1. The number of benzene rings is 1. The number of β-lactam (4-membered cyclic amide) rings is 1. The summed E-state index contributed by atoms with van der Waals surface area (Å²) in [4.78, 5) is 26.2. The molecule has 25 heavy (non-hydrogen) atoms. The fourth-order valence-electron chi connectivity index (χ4n) is 3.29. The molecule has 3 N–H and O–H groups in total. The lowest BCUT2D eigenvalue weighted by molar-refractivity contribution is -0.167. The zero-order valence-corrected chi connectivity index (χ0v) is 15.1. The van der Waals surface area contributed by atoms with Gasteiger partial charge in [-0.2, -0.15) is 0 Å². The van der Waals surface area contributed by atoms with Gasteiger partial charge in [-0.1, -0.05) is 18.2 Å². The smallest absolute Gasteiger partial charge is 0.261 e. The number of hydrogen-bond donors (Lipinski definition) is 3. The van der Waals surface area contributed by atoms with Gasteiger partial charge in [0.25, 0.3) is 5.91 Å². The van der Waals surface area contributed by atoms with Gasteiger partial charge in [-0.3, -0.25) is 9.59 Å². The van der Waals surface area contributed by atoms with Crippen LogP contribution in [-0.2, 0) is 9.59 Å². The largest absolute Gasteiger partial charge is 0.481 e. The zero-order valence-electron chi connectivity index (χ0n) is 14.2. The molecule has 2 fully saturated rings. The summed E-state index contributed by atoms with van der Waals surface area (Å²) in [6.45, 7) is 5.33. The highest BCUT2D eigenvalue weighted by Crippen LogP contribution is 2.51. The van der Waals surface area contributed by atoms with Crippen LogP contribution >= 0.6 is 11.8 Å². The minimum atomic E-state index is -1.62. The van der Waals surface area contributed by atoms with E-state index in [0.29, 0.717) is 5.75 Å². The van der Waals surface area contributed by atoms with E-state index in [-0.39, 0.29) is 17.2 Å². The number of nitrogens with zero attached hydrogens (tertiary/aromatic N) is 1. The van der Waals surface area contributed by atoms with Crippen LogP contribution in [0.5, 0.6) is 5.75 Å². The molecule has 0 spiro atoms. The van der Waals surface area contributed by atoms with Gasteiger partial charge in [-0.05, 0) is 32.9 Å². The number of rotatable bonds is 5. The number of fused-ring (bicyclic) bond motifs is 1. The lowest BCUT2D eigenvalue weighted by Gasteiger charge is -2.45. The SMILES string of the molecule is CC(Oc1ccccc1)C(=O)N[C@@H]1C(=O)N2[C@@H]1SC(C)(C)[C@@H]2C(O)O. The van der Waals surface area contributed by atoms with Crippen LogP contribution in [0.2, 0.25) is 0 Å². The maximum absolute atomic E-state index is 12.4. The summed E-state index contributed by atoms with van der Waals surface area (Å²) < 4.78 is 5.05. The van der Waals surface area contributed by atoms with Crippen LogP contribution in [0, 0.1) is 0 Å². The molecule has 7 nitrogen and oxygen atoms in total. The number of carbonyl (C=O) groups is 2. The summed E-state index contributed by atoms with van der Waals surface area (Å²) in [6, 6.07) is 7.61. The first-order valence-electron chi connectivity index (χ1n) is 8.10. The number of carbonyl (C=O) groups excluding carboxylic acids is 2. The molecule has 2 aliphatic rings. The fraction of sp³-hybridized carbons (Fsp3) is 0.529. The van der Waals surface area contributed by atoms with E-state index in [1.807, 2.05) is 32.0 Å². The Balaban J connectivity index is 1.63. The van der Waals surface area contributed by atoms with Gasteiger partial charge in [-0.15, -0.1) is 11.8 Å². The van der Waals surface area contributed by atoms with Gasteiger partial charge >= 0.3 is 0 Å². The molecule has 0 radical (unpaired) electrons. The molecule has 2 heterocycles. The normalized spacial score (nSPS) is 28.3. The molecule has 2 saturated heterocycles. The molecule has 0 saturated carbocycles. The lowest BCUT2D eigenvalue weighted by atomic mass is 9.95. The Hall–Kier alpha value is -1.77. The van der Waals surface area contributed by atoms with Crippen LogP contribution in [0.3, 0.4) is 0 Å². The summed E-state index contributed by atoms with van der Waals surface area (Å²) in [5, 5.41) is 21.6. The molecule has 0 bridgehead atoms. The second-order valence-corrected chi connectivity index (χ2v) is 8.55. The third kappa shape index (κ3) is 3.21. The van der Waals surface area contributed by atoms with Crippen molar-refractivity contribution in [1.29, 1.82) is 0 Å². The van der Waals surface area contributed by atoms with Gasteiger partial charge < -0.3 is 25.2 Å². The second-order valence-electron chi connectivity index (χ2n) is 6.78. The van der Waals surface area contributed by atoms with E-state index in [1.54, 1.807) is 19.1 Å². The van der Waals surface area contributed by atoms with Crippen LogP contribution in [-0.4, -0.2) is 61.5 Å². The van der Waals surface area contributed by atoms with E-state index in [2.05, 4.69) is 5.32 Å². The molecular weight excluding hydrogens is 344 g/mol. The monoisotopic (exact) mass is 366 g/mol. The van der Waals surface area contributed by atoms with Crippen molar-refractivity contribution >= 4 is 23.6 Å². The van der Waals surface area contributed by atoms with Gasteiger partial charge in [0, 0.05) is 4.75 Å². The Morgan fingerprint density at radius 3 is 2.56 bits per heavy atom. The van der Waals surface area contributed by atoms with Crippen molar-refractivity contribution in [3.8, 4) is 5.75 Å². The second kappa shape index (κ2) is 6.51. The van der Waals surface area contributed by atoms with E-state index in [4.69, 9.17) is 4.74 Å².